The van der Waals surface area contributed by atoms with Gasteiger partial charge in [-0.3, -0.25) is 0 Å². The lowest BCUT2D eigenvalue weighted by Gasteiger charge is -2.09. The van der Waals surface area contributed by atoms with Crippen LogP contribution in [0.5, 0.6) is 11.5 Å². The SMILES string of the molecule is Cl.NCC(O)c1ccc(Oc2ccccc2)cc1. The van der Waals surface area contributed by atoms with E-state index < -0.39 is 6.10 Å². The molecule has 3 nitrogen and oxygen atoms in total. The minimum atomic E-state index is -0.610. The quantitative estimate of drug-likeness (QED) is 0.894. The Hall–Kier alpha value is -1.55. The molecule has 0 fully saturated rings. The van der Waals surface area contributed by atoms with Crippen molar-refractivity contribution < 1.29 is 9.84 Å². The lowest BCUT2D eigenvalue weighted by Crippen LogP contribution is -2.11. The lowest BCUT2D eigenvalue weighted by atomic mass is 10.1. The van der Waals surface area contributed by atoms with Gasteiger partial charge in [-0.05, 0) is 29.8 Å². The molecule has 4 heteroatoms. The van der Waals surface area contributed by atoms with Gasteiger partial charge in [0.1, 0.15) is 11.5 Å². The van der Waals surface area contributed by atoms with Gasteiger partial charge in [-0.2, -0.15) is 0 Å². The van der Waals surface area contributed by atoms with Gasteiger partial charge >= 0.3 is 0 Å². The fourth-order valence-electron chi connectivity index (χ4n) is 1.52. The molecule has 2 rings (SSSR count). The van der Waals surface area contributed by atoms with Gasteiger partial charge in [0, 0.05) is 6.54 Å². The van der Waals surface area contributed by atoms with Crippen LogP contribution in [-0.2, 0) is 0 Å². The van der Waals surface area contributed by atoms with Crippen LogP contribution >= 0.6 is 12.4 Å². The molecule has 0 heterocycles. The van der Waals surface area contributed by atoms with Crippen LogP contribution in [0, 0.1) is 0 Å². The van der Waals surface area contributed by atoms with Crippen molar-refractivity contribution in [3.8, 4) is 11.5 Å². The Kier molecular flexibility index (Phi) is 5.65. The van der Waals surface area contributed by atoms with Crippen LogP contribution in [0.3, 0.4) is 0 Å². The third kappa shape index (κ3) is 3.74. The van der Waals surface area contributed by atoms with Crippen LogP contribution in [0.15, 0.2) is 54.6 Å². The van der Waals surface area contributed by atoms with Crippen molar-refractivity contribution in [2.24, 2.45) is 5.73 Å². The summed E-state index contributed by atoms with van der Waals surface area (Å²) in [5, 5.41) is 9.54. The highest BCUT2D eigenvalue weighted by atomic mass is 35.5. The first-order valence-corrected chi connectivity index (χ1v) is 5.50. The second-order valence-corrected chi connectivity index (χ2v) is 3.74. The van der Waals surface area contributed by atoms with Crippen LogP contribution in [0.1, 0.15) is 11.7 Å². The largest absolute Gasteiger partial charge is 0.457 e. The number of benzene rings is 2. The van der Waals surface area contributed by atoms with Crippen molar-refractivity contribution in [1.82, 2.24) is 0 Å². The van der Waals surface area contributed by atoms with Crippen molar-refractivity contribution in [2.75, 3.05) is 6.54 Å². The van der Waals surface area contributed by atoms with Crippen molar-refractivity contribution in [2.45, 2.75) is 6.10 Å². The molecule has 2 aromatic rings. The second-order valence-electron chi connectivity index (χ2n) is 3.74. The van der Waals surface area contributed by atoms with E-state index in [1.165, 1.54) is 0 Å². The summed E-state index contributed by atoms with van der Waals surface area (Å²) in [5.74, 6) is 1.53. The number of nitrogens with two attached hydrogens (primary N) is 1. The third-order valence-electron chi connectivity index (χ3n) is 2.47. The molecule has 96 valence electrons. The Balaban J connectivity index is 0.00000162. The summed E-state index contributed by atoms with van der Waals surface area (Å²) in [4.78, 5) is 0. The van der Waals surface area contributed by atoms with Crippen molar-refractivity contribution in [3.63, 3.8) is 0 Å². The van der Waals surface area contributed by atoms with E-state index in [1.54, 1.807) is 0 Å². The maximum atomic E-state index is 9.54. The van der Waals surface area contributed by atoms with E-state index in [1.807, 2.05) is 54.6 Å². The Bertz CT molecular complexity index is 459. The standard InChI is InChI=1S/C14H15NO2.ClH/c15-10-14(16)11-6-8-13(9-7-11)17-12-4-2-1-3-5-12;/h1-9,14,16H,10,15H2;1H. The third-order valence-corrected chi connectivity index (χ3v) is 2.47. The van der Waals surface area contributed by atoms with Gasteiger partial charge in [0.05, 0.1) is 6.10 Å². The fraction of sp³-hybridized carbons (Fsp3) is 0.143. The second kappa shape index (κ2) is 7.01. The molecule has 0 saturated heterocycles. The average Bonchev–Trinajstić information content (AvgIpc) is 2.40. The van der Waals surface area contributed by atoms with E-state index in [4.69, 9.17) is 10.5 Å². The monoisotopic (exact) mass is 265 g/mol. The number of ether oxygens (including phenoxy) is 1. The number of aliphatic hydroxyl groups is 1. The van der Waals surface area contributed by atoms with E-state index in [0.29, 0.717) is 0 Å². The normalized spacial score (nSPS) is 11.4. The van der Waals surface area contributed by atoms with Crippen molar-refractivity contribution in [3.05, 3.63) is 60.2 Å². The molecular weight excluding hydrogens is 250 g/mol. The van der Waals surface area contributed by atoms with Crippen molar-refractivity contribution >= 4 is 12.4 Å². The summed E-state index contributed by atoms with van der Waals surface area (Å²) in [7, 11) is 0. The molecule has 2 aromatic carbocycles. The molecule has 0 bridgehead atoms. The molecule has 1 unspecified atom stereocenters. The molecular formula is C14H16ClNO2. The molecule has 0 aliphatic carbocycles. The number of aliphatic hydroxyl groups excluding tert-OH is 1. The van der Waals surface area contributed by atoms with E-state index in [9.17, 15) is 5.11 Å². The summed E-state index contributed by atoms with van der Waals surface area (Å²) in [6.45, 7) is 0.221. The minimum Gasteiger partial charge on any atom is -0.457 e. The highest BCUT2D eigenvalue weighted by Crippen LogP contribution is 2.22. The van der Waals surface area contributed by atoms with E-state index in [0.717, 1.165) is 17.1 Å². The van der Waals surface area contributed by atoms with Gasteiger partial charge in [-0.15, -0.1) is 12.4 Å². The van der Waals surface area contributed by atoms with Crippen LogP contribution in [0.2, 0.25) is 0 Å². The zero-order chi connectivity index (χ0) is 12.1. The van der Waals surface area contributed by atoms with Gasteiger partial charge in [-0.25, -0.2) is 0 Å². The first kappa shape index (κ1) is 14.5. The van der Waals surface area contributed by atoms with Gasteiger partial charge < -0.3 is 15.6 Å². The molecule has 18 heavy (non-hydrogen) atoms. The lowest BCUT2D eigenvalue weighted by molar-refractivity contribution is 0.186. The summed E-state index contributed by atoms with van der Waals surface area (Å²) in [6, 6.07) is 16.8. The van der Waals surface area contributed by atoms with Crippen LogP contribution in [0.25, 0.3) is 0 Å². The van der Waals surface area contributed by atoms with E-state index >= 15 is 0 Å². The number of hydrogen-bond donors (Lipinski definition) is 2. The fourth-order valence-corrected chi connectivity index (χ4v) is 1.52. The summed E-state index contributed by atoms with van der Waals surface area (Å²) >= 11 is 0. The number of hydrogen-bond acceptors (Lipinski definition) is 3. The molecule has 1 atom stereocenters. The van der Waals surface area contributed by atoms with Gasteiger partial charge in [0.25, 0.3) is 0 Å². The molecule has 0 aromatic heterocycles. The summed E-state index contributed by atoms with van der Waals surface area (Å²) in [5.41, 5.74) is 6.18. The van der Waals surface area contributed by atoms with Crippen LogP contribution in [-0.4, -0.2) is 11.7 Å². The van der Waals surface area contributed by atoms with E-state index in [2.05, 4.69) is 0 Å². The molecule has 0 spiro atoms. The van der Waals surface area contributed by atoms with Gasteiger partial charge in [0.15, 0.2) is 0 Å². The molecule has 3 N–H and O–H groups in total. The Labute approximate surface area is 113 Å². The van der Waals surface area contributed by atoms with E-state index in [-0.39, 0.29) is 19.0 Å². The van der Waals surface area contributed by atoms with Gasteiger partial charge in [0.2, 0.25) is 0 Å². The maximum absolute atomic E-state index is 9.54. The molecule has 0 radical (unpaired) electrons. The number of halogens is 1. The molecule has 0 aliphatic rings. The molecule has 0 aliphatic heterocycles. The number of para-hydroxylation sites is 1. The smallest absolute Gasteiger partial charge is 0.127 e. The first-order valence-electron chi connectivity index (χ1n) is 5.50. The summed E-state index contributed by atoms with van der Waals surface area (Å²) in [6.07, 6.45) is -0.610. The zero-order valence-corrected chi connectivity index (χ0v) is 10.6. The Morgan fingerprint density at radius 3 is 2.06 bits per heavy atom. The predicted molar refractivity (Wildman–Crippen MR) is 74.2 cm³/mol. The minimum absolute atomic E-state index is 0. The van der Waals surface area contributed by atoms with Gasteiger partial charge in [-0.1, -0.05) is 30.3 Å². The zero-order valence-electron chi connectivity index (χ0n) is 9.82. The van der Waals surface area contributed by atoms with Crippen LogP contribution in [0.4, 0.5) is 0 Å². The number of rotatable bonds is 4. The predicted octanol–water partition coefficient (Wildman–Crippen LogP) is 2.89. The Morgan fingerprint density at radius 2 is 1.50 bits per heavy atom. The van der Waals surface area contributed by atoms with Crippen molar-refractivity contribution in [1.29, 1.82) is 0 Å². The maximum Gasteiger partial charge on any atom is 0.127 e. The molecule has 0 amide bonds. The topological polar surface area (TPSA) is 55.5 Å². The highest BCUT2D eigenvalue weighted by Gasteiger charge is 2.04. The highest BCUT2D eigenvalue weighted by molar-refractivity contribution is 5.85. The first-order chi connectivity index (χ1) is 8.29. The molecule has 0 saturated carbocycles. The van der Waals surface area contributed by atoms with Crippen LogP contribution < -0.4 is 10.5 Å². The summed E-state index contributed by atoms with van der Waals surface area (Å²) < 4.78 is 5.63. The Morgan fingerprint density at radius 1 is 0.944 bits per heavy atom. The average molecular weight is 266 g/mol.